The van der Waals surface area contributed by atoms with Crippen LogP contribution in [0.25, 0.3) is 6.08 Å². The van der Waals surface area contributed by atoms with Gasteiger partial charge in [-0.05, 0) is 107 Å². The molecule has 2 amide bonds. The van der Waals surface area contributed by atoms with Gasteiger partial charge in [0, 0.05) is 3.57 Å². The molecule has 1 heterocycles. The Kier molecular flexibility index (Phi) is 8.32. The number of imide groups is 1. The van der Waals surface area contributed by atoms with Crippen LogP contribution < -0.4 is 14.2 Å². The molecule has 184 valence electrons. The summed E-state index contributed by atoms with van der Waals surface area (Å²) >= 11 is 3.10. The molecule has 1 saturated heterocycles. The minimum atomic E-state index is -0.539. The molecular formula is C27H22INO6S. The van der Waals surface area contributed by atoms with Gasteiger partial charge in [-0.1, -0.05) is 18.2 Å². The standard InChI is InChI=1S/C27H22INO6S/c1-3-34-23-14-18(6-13-22(23)35-26(31)19-7-11-21(33-2)12-8-19)15-24-25(30)29(27(32)36-24)16-17-4-9-20(28)10-5-17/h4-15H,3,16H2,1-2H3/b24-15-. The van der Waals surface area contributed by atoms with Crippen molar-refractivity contribution in [2.75, 3.05) is 13.7 Å². The third-order valence-electron chi connectivity index (χ3n) is 5.22. The molecule has 0 atom stereocenters. The van der Waals surface area contributed by atoms with Crippen molar-refractivity contribution in [2.24, 2.45) is 0 Å². The SMILES string of the molecule is CCOc1cc(/C=C2\SC(=O)N(Cc3ccc(I)cc3)C2=O)ccc1OC(=O)c1ccc(OC)cc1. The molecule has 3 aromatic rings. The second-order valence-corrected chi connectivity index (χ2v) is 9.89. The van der Waals surface area contributed by atoms with E-state index in [1.165, 1.54) is 4.90 Å². The van der Waals surface area contributed by atoms with Gasteiger partial charge in [-0.3, -0.25) is 14.5 Å². The first-order valence-corrected chi connectivity index (χ1v) is 12.9. The summed E-state index contributed by atoms with van der Waals surface area (Å²) in [4.78, 5) is 39.6. The van der Waals surface area contributed by atoms with E-state index >= 15 is 0 Å². The monoisotopic (exact) mass is 615 g/mol. The molecule has 0 spiro atoms. The van der Waals surface area contributed by atoms with Crippen molar-refractivity contribution in [1.82, 2.24) is 4.90 Å². The van der Waals surface area contributed by atoms with E-state index in [0.717, 1.165) is 20.9 Å². The Balaban J connectivity index is 1.51. The van der Waals surface area contributed by atoms with E-state index in [-0.39, 0.29) is 23.4 Å². The van der Waals surface area contributed by atoms with Crippen molar-refractivity contribution in [3.8, 4) is 17.2 Å². The molecule has 0 N–H and O–H groups in total. The highest BCUT2D eigenvalue weighted by Crippen LogP contribution is 2.35. The van der Waals surface area contributed by atoms with E-state index < -0.39 is 5.97 Å². The van der Waals surface area contributed by atoms with Crippen LogP contribution in [0.3, 0.4) is 0 Å². The predicted molar refractivity (Wildman–Crippen MR) is 146 cm³/mol. The van der Waals surface area contributed by atoms with Gasteiger partial charge in [-0.15, -0.1) is 0 Å². The van der Waals surface area contributed by atoms with E-state index in [0.29, 0.717) is 34.1 Å². The van der Waals surface area contributed by atoms with Gasteiger partial charge in [0.25, 0.3) is 11.1 Å². The first-order chi connectivity index (χ1) is 17.4. The maximum atomic E-state index is 12.9. The number of methoxy groups -OCH3 is 1. The lowest BCUT2D eigenvalue weighted by molar-refractivity contribution is -0.123. The fourth-order valence-electron chi connectivity index (χ4n) is 3.41. The molecule has 0 bridgehead atoms. The first kappa shape index (κ1) is 25.8. The smallest absolute Gasteiger partial charge is 0.343 e. The van der Waals surface area contributed by atoms with Crippen molar-refractivity contribution < 1.29 is 28.6 Å². The van der Waals surface area contributed by atoms with Gasteiger partial charge in [-0.2, -0.15) is 0 Å². The lowest BCUT2D eigenvalue weighted by Crippen LogP contribution is -2.27. The van der Waals surface area contributed by atoms with Gasteiger partial charge >= 0.3 is 5.97 Å². The minimum Gasteiger partial charge on any atom is -0.497 e. The van der Waals surface area contributed by atoms with Gasteiger partial charge in [0.2, 0.25) is 0 Å². The van der Waals surface area contributed by atoms with Crippen LogP contribution in [0.5, 0.6) is 17.2 Å². The summed E-state index contributed by atoms with van der Waals surface area (Å²) in [5.41, 5.74) is 1.88. The van der Waals surface area contributed by atoms with Gasteiger partial charge in [0.15, 0.2) is 11.5 Å². The maximum Gasteiger partial charge on any atom is 0.343 e. The minimum absolute atomic E-state index is 0.212. The van der Waals surface area contributed by atoms with Crippen LogP contribution >= 0.6 is 34.4 Å². The molecule has 0 aromatic heterocycles. The molecular weight excluding hydrogens is 593 g/mol. The Labute approximate surface area is 226 Å². The van der Waals surface area contributed by atoms with Gasteiger partial charge in [-0.25, -0.2) is 4.79 Å². The molecule has 9 heteroatoms. The molecule has 0 aliphatic carbocycles. The second kappa shape index (κ2) is 11.6. The van der Waals surface area contributed by atoms with Crippen LogP contribution in [0.1, 0.15) is 28.4 Å². The second-order valence-electron chi connectivity index (χ2n) is 7.65. The number of esters is 1. The lowest BCUT2D eigenvalue weighted by atomic mass is 10.1. The summed E-state index contributed by atoms with van der Waals surface area (Å²) in [5, 5.41) is -0.320. The molecule has 7 nitrogen and oxygen atoms in total. The Morgan fingerprint density at radius 1 is 1.00 bits per heavy atom. The van der Waals surface area contributed by atoms with Crippen LogP contribution in [-0.2, 0) is 11.3 Å². The fourth-order valence-corrected chi connectivity index (χ4v) is 4.61. The van der Waals surface area contributed by atoms with Gasteiger partial charge in [0.1, 0.15) is 5.75 Å². The van der Waals surface area contributed by atoms with E-state index in [9.17, 15) is 14.4 Å². The third kappa shape index (κ3) is 6.08. The highest BCUT2D eigenvalue weighted by Gasteiger charge is 2.35. The highest BCUT2D eigenvalue weighted by molar-refractivity contribution is 14.1. The van der Waals surface area contributed by atoms with Gasteiger partial charge < -0.3 is 14.2 Å². The molecule has 36 heavy (non-hydrogen) atoms. The van der Waals surface area contributed by atoms with Crippen LogP contribution in [-0.4, -0.2) is 35.7 Å². The number of hydrogen-bond acceptors (Lipinski definition) is 7. The van der Waals surface area contributed by atoms with E-state index in [4.69, 9.17) is 14.2 Å². The van der Waals surface area contributed by atoms with Crippen LogP contribution in [0.4, 0.5) is 4.79 Å². The largest absolute Gasteiger partial charge is 0.497 e. The Bertz CT molecular complexity index is 1320. The number of carbonyl (C=O) groups is 3. The number of amides is 2. The van der Waals surface area contributed by atoms with E-state index in [2.05, 4.69) is 22.6 Å². The topological polar surface area (TPSA) is 82.1 Å². The highest BCUT2D eigenvalue weighted by atomic mass is 127. The molecule has 4 rings (SSSR count). The molecule has 0 saturated carbocycles. The zero-order chi connectivity index (χ0) is 25.7. The zero-order valence-electron chi connectivity index (χ0n) is 19.5. The Hall–Kier alpha value is -3.31. The number of rotatable bonds is 8. The van der Waals surface area contributed by atoms with Crippen molar-refractivity contribution in [3.63, 3.8) is 0 Å². The summed E-state index contributed by atoms with van der Waals surface area (Å²) in [6, 6.07) is 19.2. The van der Waals surface area contributed by atoms with Crippen LogP contribution in [0.2, 0.25) is 0 Å². The number of nitrogens with zero attached hydrogens (tertiary/aromatic N) is 1. The van der Waals surface area contributed by atoms with Gasteiger partial charge in [0.05, 0.1) is 30.7 Å². The number of carbonyl (C=O) groups excluding carboxylic acids is 3. The number of ether oxygens (including phenoxy) is 3. The fraction of sp³-hybridized carbons (Fsp3) is 0.148. The number of thioether (sulfide) groups is 1. The normalized spacial score (nSPS) is 14.3. The molecule has 3 aromatic carbocycles. The summed E-state index contributed by atoms with van der Waals surface area (Å²) in [6.45, 7) is 2.38. The Morgan fingerprint density at radius 2 is 1.72 bits per heavy atom. The molecule has 0 radical (unpaired) electrons. The third-order valence-corrected chi connectivity index (χ3v) is 6.85. The number of hydrogen-bond donors (Lipinski definition) is 0. The summed E-state index contributed by atoms with van der Waals surface area (Å²) < 4.78 is 17.4. The van der Waals surface area contributed by atoms with E-state index in [1.807, 2.05) is 31.2 Å². The molecule has 1 fully saturated rings. The number of halogens is 1. The van der Waals surface area contributed by atoms with Crippen LogP contribution in [0.15, 0.2) is 71.6 Å². The van der Waals surface area contributed by atoms with Crippen LogP contribution in [0, 0.1) is 3.57 Å². The van der Waals surface area contributed by atoms with Crippen molar-refractivity contribution in [1.29, 1.82) is 0 Å². The quantitative estimate of drug-likeness (QED) is 0.130. The maximum absolute atomic E-state index is 12.9. The molecule has 0 unspecified atom stereocenters. The zero-order valence-corrected chi connectivity index (χ0v) is 22.5. The molecule has 1 aliphatic heterocycles. The predicted octanol–water partition coefficient (Wildman–Crippen LogP) is 6.15. The summed E-state index contributed by atoms with van der Waals surface area (Å²) in [7, 11) is 1.55. The van der Waals surface area contributed by atoms with Crippen molar-refractivity contribution in [2.45, 2.75) is 13.5 Å². The average Bonchev–Trinajstić information content (AvgIpc) is 3.14. The molecule has 1 aliphatic rings. The average molecular weight is 615 g/mol. The van der Waals surface area contributed by atoms with Crippen molar-refractivity contribution >= 4 is 57.5 Å². The first-order valence-electron chi connectivity index (χ1n) is 11.0. The Morgan fingerprint density at radius 3 is 2.39 bits per heavy atom. The van der Waals surface area contributed by atoms with Crippen molar-refractivity contribution in [3.05, 3.63) is 91.9 Å². The summed E-state index contributed by atoms with van der Waals surface area (Å²) in [5.74, 6) is 0.348. The number of benzene rings is 3. The van der Waals surface area contributed by atoms with E-state index in [1.54, 1.807) is 55.7 Å². The summed E-state index contributed by atoms with van der Waals surface area (Å²) in [6.07, 6.45) is 1.64. The lowest BCUT2D eigenvalue weighted by Gasteiger charge is -2.13.